The number of nitrogens with zero attached hydrogens (tertiary/aromatic N) is 8. The second kappa shape index (κ2) is 16.8. The molecule has 12 aromatic rings. The van der Waals surface area contributed by atoms with Gasteiger partial charge in [0, 0.05) is 43.8 Å². The Morgan fingerprint density at radius 3 is 1.37 bits per heavy atom. The molecular weight excluding hydrogens is 861 g/mol. The van der Waals surface area contributed by atoms with E-state index in [0.717, 1.165) is 93.9 Å². The fourth-order valence-electron chi connectivity index (χ4n) is 9.47. The number of aromatic nitrogens is 4. The summed E-state index contributed by atoms with van der Waals surface area (Å²) in [4.78, 5) is 15.6. The first-order valence-corrected chi connectivity index (χ1v) is 22.4. The first-order chi connectivity index (χ1) is 34.5. The molecule has 0 unspecified atom stereocenters. The van der Waals surface area contributed by atoms with Crippen molar-refractivity contribution in [2.75, 3.05) is 0 Å². The SMILES string of the molecule is N#Cc1cc(C#N)cc(-c2ccc3c4ccc(-c5cc(C#N)cc(C#N)c5)cc4n(-c4ccc(-c5cccc6c5oc5ccccc56)cc4-c4nc(-c5ccccc5)nc(-c5ccccc5)n4)c3c2)c1. The molecule has 3 aromatic heterocycles. The van der Waals surface area contributed by atoms with Crippen LogP contribution in [0.1, 0.15) is 22.3 Å². The lowest BCUT2D eigenvalue weighted by Crippen LogP contribution is -2.04. The summed E-state index contributed by atoms with van der Waals surface area (Å²) in [5.74, 6) is 1.44. The number of furan rings is 1. The number of hydrogen-bond donors (Lipinski definition) is 0. The third-order valence-electron chi connectivity index (χ3n) is 12.7. The Bertz CT molecular complexity index is 4040. The number of hydrogen-bond acceptors (Lipinski definition) is 8. The number of benzene rings is 9. The molecule has 9 heteroatoms. The molecule has 12 rings (SSSR count). The molecule has 70 heavy (non-hydrogen) atoms. The van der Waals surface area contributed by atoms with Crippen molar-refractivity contribution < 1.29 is 4.42 Å². The van der Waals surface area contributed by atoms with Crippen molar-refractivity contribution in [3.8, 4) is 97.5 Å². The Morgan fingerprint density at radius 2 is 0.829 bits per heavy atom. The van der Waals surface area contributed by atoms with E-state index in [1.54, 1.807) is 36.4 Å². The van der Waals surface area contributed by atoms with Gasteiger partial charge in [-0.15, -0.1) is 0 Å². The van der Waals surface area contributed by atoms with E-state index in [4.69, 9.17) is 19.4 Å². The van der Waals surface area contributed by atoms with E-state index in [-0.39, 0.29) is 0 Å². The Labute approximate surface area is 400 Å². The molecule has 0 saturated carbocycles. The summed E-state index contributed by atoms with van der Waals surface area (Å²) in [6.45, 7) is 0. The van der Waals surface area contributed by atoms with Crippen LogP contribution in [0.3, 0.4) is 0 Å². The minimum Gasteiger partial charge on any atom is -0.455 e. The average Bonchev–Trinajstić information content (AvgIpc) is 3.98. The third-order valence-corrected chi connectivity index (χ3v) is 12.7. The topological polar surface area (TPSA) is 152 Å². The van der Waals surface area contributed by atoms with Crippen LogP contribution in [0.4, 0.5) is 0 Å². The molecule has 0 bridgehead atoms. The van der Waals surface area contributed by atoms with Crippen LogP contribution in [-0.2, 0) is 0 Å². The molecule has 0 N–H and O–H groups in total. The van der Waals surface area contributed by atoms with Crippen molar-refractivity contribution in [1.82, 2.24) is 19.5 Å². The van der Waals surface area contributed by atoms with Gasteiger partial charge in [-0.2, -0.15) is 21.0 Å². The Balaban J connectivity index is 1.20. The van der Waals surface area contributed by atoms with E-state index >= 15 is 0 Å². The third kappa shape index (κ3) is 7.05. The smallest absolute Gasteiger partial charge is 0.166 e. The van der Waals surface area contributed by atoms with Gasteiger partial charge in [-0.05, 0) is 94.5 Å². The van der Waals surface area contributed by atoms with Gasteiger partial charge in [0.15, 0.2) is 17.5 Å². The molecule has 322 valence electrons. The highest BCUT2D eigenvalue weighted by molar-refractivity contribution is 6.12. The quantitative estimate of drug-likeness (QED) is 0.153. The molecule has 0 aliphatic carbocycles. The molecule has 0 amide bonds. The van der Waals surface area contributed by atoms with Gasteiger partial charge in [0.05, 0.1) is 63.3 Å². The van der Waals surface area contributed by atoms with Crippen molar-refractivity contribution in [1.29, 1.82) is 21.0 Å². The Kier molecular flexibility index (Phi) is 9.82. The zero-order chi connectivity index (χ0) is 47.3. The highest BCUT2D eigenvalue weighted by Crippen LogP contribution is 2.43. The monoisotopic (exact) mass is 892 g/mol. The normalized spacial score (nSPS) is 11.1. The van der Waals surface area contributed by atoms with Crippen LogP contribution in [0.15, 0.2) is 199 Å². The summed E-state index contributed by atoms with van der Waals surface area (Å²) < 4.78 is 8.80. The molecule has 0 aliphatic heterocycles. The Hall–Kier alpha value is -10.5. The molecule has 0 spiro atoms. The van der Waals surface area contributed by atoms with Gasteiger partial charge in [0.25, 0.3) is 0 Å². The van der Waals surface area contributed by atoms with Gasteiger partial charge in [0.2, 0.25) is 0 Å². The van der Waals surface area contributed by atoms with Crippen molar-refractivity contribution in [3.05, 3.63) is 216 Å². The van der Waals surface area contributed by atoms with E-state index in [0.29, 0.717) is 45.3 Å². The van der Waals surface area contributed by atoms with Crippen LogP contribution in [0.2, 0.25) is 0 Å². The maximum atomic E-state index is 9.98. The maximum absolute atomic E-state index is 9.98. The lowest BCUT2D eigenvalue weighted by Gasteiger charge is -2.17. The molecule has 0 radical (unpaired) electrons. The number of fused-ring (bicyclic) bond motifs is 6. The van der Waals surface area contributed by atoms with E-state index in [2.05, 4.69) is 89.5 Å². The minimum atomic E-state index is 0.381. The van der Waals surface area contributed by atoms with E-state index in [1.807, 2.05) is 97.1 Å². The van der Waals surface area contributed by atoms with Crippen molar-refractivity contribution in [2.24, 2.45) is 0 Å². The van der Waals surface area contributed by atoms with Gasteiger partial charge in [0.1, 0.15) is 11.2 Å². The second-order valence-corrected chi connectivity index (χ2v) is 16.9. The summed E-state index contributed by atoms with van der Waals surface area (Å²) in [5, 5.41) is 43.8. The summed E-state index contributed by atoms with van der Waals surface area (Å²) in [6.07, 6.45) is 0. The number of nitriles is 4. The fourth-order valence-corrected chi connectivity index (χ4v) is 9.47. The minimum absolute atomic E-state index is 0.381. The van der Waals surface area contributed by atoms with Crippen molar-refractivity contribution >= 4 is 43.7 Å². The molecule has 0 saturated heterocycles. The van der Waals surface area contributed by atoms with Crippen LogP contribution in [-0.4, -0.2) is 19.5 Å². The average molecular weight is 893 g/mol. The van der Waals surface area contributed by atoms with Crippen molar-refractivity contribution in [2.45, 2.75) is 0 Å². The van der Waals surface area contributed by atoms with E-state index < -0.39 is 0 Å². The van der Waals surface area contributed by atoms with Crippen LogP contribution >= 0.6 is 0 Å². The summed E-state index contributed by atoms with van der Waals surface area (Å²) in [7, 11) is 0. The maximum Gasteiger partial charge on any atom is 0.166 e. The second-order valence-electron chi connectivity index (χ2n) is 16.9. The van der Waals surface area contributed by atoms with Gasteiger partial charge in [-0.1, -0.05) is 127 Å². The molecule has 0 aliphatic rings. The summed E-state index contributed by atoms with van der Waals surface area (Å²) in [6, 6.07) is 71.8. The molecule has 0 atom stereocenters. The predicted molar refractivity (Wildman–Crippen MR) is 273 cm³/mol. The van der Waals surface area contributed by atoms with E-state index in [1.165, 1.54) is 0 Å². The van der Waals surface area contributed by atoms with Gasteiger partial charge >= 0.3 is 0 Å². The van der Waals surface area contributed by atoms with Gasteiger partial charge in [-0.3, -0.25) is 0 Å². The molecule has 0 fully saturated rings. The van der Waals surface area contributed by atoms with Crippen LogP contribution in [0, 0.1) is 45.3 Å². The first kappa shape index (κ1) is 41.0. The molecule has 3 heterocycles. The highest BCUT2D eigenvalue weighted by Gasteiger charge is 2.23. The van der Waals surface area contributed by atoms with Gasteiger partial charge < -0.3 is 8.98 Å². The van der Waals surface area contributed by atoms with Crippen LogP contribution in [0.25, 0.3) is 117 Å². The van der Waals surface area contributed by atoms with Gasteiger partial charge in [-0.25, -0.2) is 15.0 Å². The van der Waals surface area contributed by atoms with Crippen LogP contribution in [0.5, 0.6) is 0 Å². The van der Waals surface area contributed by atoms with Crippen LogP contribution < -0.4 is 0 Å². The first-order valence-electron chi connectivity index (χ1n) is 22.4. The standard InChI is InChI=1S/C61H32N8O/c62-33-37-24-38(34-63)27-46(26-37)43-18-21-49-50-22-19-44(47-28-39(35-64)25-40(29-47)36-65)32-56(50)69(55(49)31-43)54-23-20-45(48-15-9-16-52-51-14-7-8-17-57(51)70-58(48)52)30-53(54)61-67-59(41-10-3-1-4-11-41)66-60(68-61)42-12-5-2-6-13-42/h1-32H. The number of para-hydroxylation sites is 2. The van der Waals surface area contributed by atoms with E-state index in [9.17, 15) is 21.0 Å². The van der Waals surface area contributed by atoms with Crippen molar-refractivity contribution in [3.63, 3.8) is 0 Å². The predicted octanol–water partition coefficient (Wildman–Crippen LogP) is 14.4. The lowest BCUT2D eigenvalue weighted by molar-refractivity contribution is 0.670. The molecule has 9 aromatic carbocycles. The largest absolute Gasteiger partial charge is 0.455 e. The summed E-state index contributed by atoms with van der Waals surface area (Å²) in [5.41, 5.74) is 12.7. The molecule has 9 nitrogen and oxygen atoms in total. The fraction of sp³-hybridized carbons (Fsp3) is 0. The summed E-state index contributed by atoms with van der Waals surface area (Å²) >= 11 is 0. The zero-order valence-electron chi connectivity index (χ0n) is 37.0. The molecular formula is C61H32N8O. The highest BCUT2D eigenvalue weighted by atomic mass is 16.3. The Morgan fingerprint density at radius 1 is 0.343 bits per heavy atom. The lowest BCUT2D eigenvalue weighted by atomic mass is 9.98. The zero-order valence-corrected chi connectivity index (χ0v) is 37.0. The number of rotatable bonds is 7.